The highest BCUT2D eigenvalue weighted by Crippen LogP contribution is 2.66. The molecule has 3 aliphatic rings. The lowest BCUT2D eigenvalue weighted by atomic mass is 9.84. The van der Waals surface area contributed by atoms with E-state index in [9.17, 15) is 9.18 Å². The van der Waals surface area contributed by atoms with Crippen molar-refractivity contribution in [3.05, 3.63) is 71.1 Å². The number of nitriles is 1. The van der Waals surface area contributed by atoms with E-state index in [1.54, 1.807) is 11.0 Å². The first-order chi connectivity index (χ1) is 17.9. The van der Waals surface area contributed by atoms with Crippen molar-refractivity contribution in [2.75, 3.05) is 33.0 Å². The fourth-order valence-corrected chi connectivity index (χ4v) is 6.04. The van der Waals surface area contributed by atoms with E-state index in [2.05, 4.69) is 26.8 Å². The molecule has 1 saturated carbocycles. The number of alkyl halides is 1. The highest BCUT2D eigenvalue weighted by molar-refractivity contribution is 8.15. The number of rotatable bonds is 4. The molecule has 8 nitrogen and oxygen atoms in total. The second-order valence-corrected chi connectivity index (χ2v) is 10.3. The minimum absolute atomic E-state index is 0.0607. The van der Waals surface area contributed by atoms with E-state index in [-0.39, 0.29) is 22.5 Å². The quantitative estimate of drug-likeness (QED) is 0.486. The maximum Gasteiger partial charge on any atom is 0.246 e. The summed E-state index contributed by atoms with van der Waals surface area (Å²) in [5, 5.41) is 9.00. The number of thioether (sulfide) groups is 1. The molecule has 2 aliphatic heterocycles. The maximum absolute atomic E-state index is 15.2. The number of carbonyl (C=O) groups excluding carboxylic acids is 1. The highest BCUT2D eigenvalue weighted by Gasteiger charge is 2.67. The molecule has 0 spiro atoms. The molecular weight excluding hydrogens is 498 g/mol. The number of nitrogens with zero attached hydrogens (tertiary/aromatic N) is 5. The van der Waals surface area contributed by atoms with E-state index < -0.39 is 28.7 Å². The van der Waals surface area contributed by atoms with Gasteiger partial charge in [-0.05, 0) is 30.5 Å². The largest absolute Gasteiger partial charge is 0.378 e. The Hall–Kier alpha value is -3.80. The van der Waals surface area contributed by atoms with Crippen molar-refractivity contribution in [1.29, 1.82) is 5.26 Å². The van der Waals surface area contributed by atoms with Gasteiger partial charge in [-0.3, -0.25) is 4.79 Å². The Morgan fingerprint density at radius 2 is 2.03 bits per heavy atom. The second kappa shape index (κ2) is 9.92. The van der Waals surface area contributed by atoms with Crippen molar-refractivity contribution in [3.8, 4) is 17.9 Å². The number of carbonyl (C=O) groups is 1. The summed E-state index contributed by atoms with van der Waals surface area (Å²) in [7, 11) is 0. The van der Waals surface area contributed by atoms with Gasteiger partial charge in [-0.2, -0.15) is 5.26 Å². The average Bonchev–Trinajstić information content (AvgIpc) is 3.66. The number of hydrogen-bond acceptors (Lipinski definition) is 8. The first-order valence-corrected chi connectivity index (χ1v) is 12.4. The van der Waals surface area contributed by atoms with Gasteiger partial charge < -0.3 is 15.4 Å². The van der Waals surface area contributed by atoms with Gasteiger partial charge in [0.25, 0.3) is 0 Å². The lowest BCUT2D eigenvalue weighted by molar-refractivity contribution is -0.130. The molecule has 1 amide bonds. The lowest BCUT2D eigenvalue weighted by Crippen LogP contribution is -2.41. The summed E-state index contributed by atoms with van der Waals surface area (Å²) < 4.78 is 34.6. The first-order valence-electron chi connectivity index (χ1n) is 11.6. The molecular formula is C26H22F2N6O2S. The van der Waals surface area contributed by atoms with Crippen LogP contribution in [0.25, 0.3) is 0 Å². The van der Waals surface area contributed by atoms with E-state index in [4.69, 9.17) is 15.7 Å². The summed E-state index contributed by atoms with van der Waals surface area (Å²) in [5.41, 5.74) is 5.39. The summed E-state index contributed by atoms with van der Waals surface area (Å²) in [6.45, 7) is 1.04. The standard InChI is InChI=1S/C26H22F2N6O2S/c27-16-26(19-11-17(1-3-20(19)28)2-4-22-31-14-18(13-29)15-32-22)21-12-25(21,37-24(30)33-26)6-5-23(35)34-7-9-36-10-8-34/h1,3,5-6,11,14-15,21H,7-10,12,16H2,(H2,30,33)/b6-5+/t21-,25+,26-/m1/s1. The molecule has 3 heterocycles. The zero-order valence-electron chi connectivity index (χ0n) is 19.7. The highest BCUT2D eigenvalue weighted by atomic mass is 32.2. The van der Waals surface area contributed by atoms with Crippen molar-refractivity contribution in [2.45, 2.75) is 16.7 Å². The average molecular weight is 521 g/mol. The van der Waals surface area contributed by atoms with Crippen molar-refractivity contribution < 1.29 is 18.3 Å². The summed E-state index contributed by atoms with van der Waals surface area (Å²) in [5.74, 6) is 4.67. The Labute approximate surface area is 216 Å². The Morgan fingerprint density at radius 1 is 1.27 bits per heavy atom. The molecule has 2 fully saturated rings. The molecule has 1 aromatic carbocycles. The number of morpholine rings is 1. The van der Waals surface area contributed by atoms with Crippen LogP contribution in [0.1, 0.15) is 28.9 Å². The van der Waals surface area contributed by atoms with Gasteiger partial charge in [0.2, 0.25) is 11.7 Å². The number of benzene rings is 1. The predicted octanol–water partition coefficient (Wildman–Crippen LogP) is 2.29. The van der Waals surface area contributed by atoms with Crippen LogP contribution in [-0.2, 0) is 15.1 Å². The molecule has 2 aromatic rings. The second-order valence-electron chi connectivity index (χ2n) is 8.94. The number of aliphatic imine (C=N–C) groups is 1. The van der Waals surface area contributed by atoms with Crippen LogP contribution in [-0.4, -0.2) is 63.7 Å². The monoisotopic (exact) mass is 520 g/mol. The molecule has 1 saturated heterocycles. The molecule has 2 N–H and O–H groups in total. The number of ether oxygens (including phenoxy) is 1. The van der Waals surface area contributed by atoms with Crippen LogP contribution in [0.2, 0.25) is 0 Å². The SMILES string of the molecule is N#Cc1cnc(C#Cc2ccc(F)c([C@@]3(CF)N=C(N)S[C@@]4(/C=C/C(=O)N5CCOCC5)C[C@H]43)c2)nc1. The first kappa shape index (κ1) is 24.9. The van der Waals surface area contributed by atoms with E-state index in [1.807, 2.05) is 6.07 Å². The van der Waals surface area contributed by atoms with Crippen molar-refractivity contribution in [2.24, 2.45) is 16.6 Å². The Balaban J connectivity index is 1.44. The third-order valence-electron chi connectivity index (χ3n) is 6.70. The number of aromatic nitrogens is 2. The van der Waals surface area contributed by atoms with Crippen molar-refractivity contribution >= 4 is 22.8 Å². The van der Waals surface area contributed by atoms with Crippen LogP contribution in [0, 0.1) is 34.9 Å². The summed E-state index contributed by atoms with van der Waals surface area (Å²) >= 11 is 1.27. The third-order valence-corrected chi connectivity index (χ3v) is 7.97. The Morgan fingerprint density at radius 3 is 2.73 bits per heavy atom. The van der Waals surface area contributed by atoms with Crippen LogP contribution >= 0.6 is 11.8 Å². The molecule has 1 aliphatic carbocycles. The zero-order chi connectivity index (χ0) is 26.0. The summed E-state index contributed by atoms with van der Waals surface area (Å²) in [6, 6.07) is 6.11. The molecule has 0 radical (unpaired) electrons. The zero-order valence-corrected chi connectivity index (χ0v) is 20.5. The molecule has 188 valence electrons. The van der Waals surface area contributed by atoms with Gasteiger partial charge in [-0.15, -0.1) is 0 Å². The number of fused-ring (bicyclic) bond motifs is 1. The predicted molar refractivity (Wildman–Crippen MR) is 133 cm³/mol. The van der Waals surface area contributed by atoms with Crippen LogP contribution in [0.5, 0.6) is 0 Å². The molecule has 1 aromatic heterocycles. The van der Waals surface area contributed by atoms with Gasteiger partial charge in [-0.25, -0.2) is 23.7 Å². The number of hydrogen-bond donors (Lipinski definition) is 1. The van der Waals surface area contributed by atoms with Crippen LogP contribution < -0.4 is 5.73 Å². The molecule has 11 heteroatoms. The van der Waals surface area contributed by atoms with Gasteiger partial charge in [0.15, 0.2) is 5.17 Å². The lowest BCUT2D eigenvalue weighted by Gasteiger charge is -2.34. The van der Waals surface area contributed by atoms with Crippen molar-refractivity contribution in [3.63, 3.8) is 0 Å². The van der Waals surface area contributed by atoms with Crippen LogP contribution in [0.15, 0.2) is 47.7 Å². The number of halogens is 2. The Kier molecular flexibility index (Phi) is 6.67. The van der Waals surface area contributed by atoms with E-state index in [0.717, 1.165) is 0 Å². The molecule has 0 bridgehead atoms. The van der Waals surface area contributed by atoms with E-state index in [1.165, 1.54) is 48.4 Å². The molecule has 37 heavy (non-hydrogen) atoms. The van der Waals surface area contributed by atoms with Crippen LogP contribution in [0.3, 0.4) is 0 Å². The van der Waals surface area contributed by atoms with Gasteiger partial charge in [-0.1, -0.05) is 23.8 Å². The number of amides is 1. The smallest absolute Gasteiger partial charge is 0.246 e. The maximum atomic E-state index is 15.2. The minimum atomic E-state index is -1.53. The minimum Gasteiger partial charge on any atom is -0.378 e. The van der Waals surface area contributed by atoms with Gasteiger partial charge in [0.1, 0.15) is 24.1 Å². The number of nitrogens with two attached hydrogens (primary N) is 1. The Bertz CT molecular complexity index is 1390. The normalized spacial score (nSPS) is 26.5. The topological polar surface area (TPSA) is 117 Å². The summed E-state index contributed by atoms with van der Waals surface area (Å²) in [6.07, 6.45) is 6.46. The third kappa shape index (κ3) is 4.80. The molecule has 3 atom stereocenters. The van der Waals surface area contributed by atoms with Gasteiger partial charge in [0.05, 0.1) is 18.8 Å². The molecule has 0 unspecified atom stereocenters. The fourth-order valence-electron chi connectivity index (χ4n) is 4.71. The van der Waals surface area contributed by atoms with Gasteiger partial charge >= 0.3 is 0 Å². The van der Waals surface area contributed by atoms with Gasteiger partial charge in [0, 0.05) is 53.4 Å². The molecule has 5 rings (SSSR count). The van der Waals surface area contributed by atoms with E-state index in [0.29, 0.717) is 43.9 Å². The van der Waals surface area contributed by atoms with Crippen LogP contribution in [0.4, 0.5) is 8.78 Å². The fraction of sp³-hybridized carbons (Fsp3) is 0.346. The summed E-state index contributed by atoms with van der Waals surface area (Å²) in [4.78, 5) is 26.8. The number of amidine groups is 1. The van der Waals surface area contributed by atoms with E-state index >= 15 is 4.39 Å². The van der Waals surface area contributed by atoms with Crippen molar-refractivity contribution in [1.82, 2.24) is 14.9 Å².